The SMILES string of the molecule is CCNC(c1ccc(C)cc1Br)c1cscc1Br. The van der Waals surface area contributed by atoms with Gasteiger partial charge in [-0.3, -0.25) is 0 Å². The average Bonchev–Trinajstić information content (AvgIpc) is 2.73. The zero-order valence-corrected chi connectivity index (χ0v) is 14.3. The minimum absolute atomic E-state index is 0.227. The normalized spacial score (nSPS) is 12.7. The molecule has 0 fully saturated rings. The topological polar surface area (TPSA) is 12.0 Å². The van der Waals surface area contributed by atoms with E-state index in [9.17, 15) is 0 Å². The van der Waals surface area contributed by atoms with Gasteiger partial charge in [-0.05, 0) is 57.5 Å². The highest BCUT2D eigenvalue weighted by molar-refractivity contribution is 9.10. The van der Waals surface area contributed by atoms with E-state index < -0.39 is 0 Å². The van der Waals surface area contributed by atoms with Gasteiger partial charge in [0.1, 0.15) is 0 Å². The van der Waals surface area contributed by atoms with Crippen molar-refractivity contribution in [3.8, 4) is 0 Å². The molecule has 1 heterocycles. The molecule has 2 aromatic rings. The van der Waals surface area contributed by atoms with Crippen LogP contribution in [0.4, 0.5) is 0 Å². The number of halogens is 2. The Labute approximate surface area is 129 Å². The van der Waals surface area contributed by atoms with Crippen LogP contribution >= 0.6 is 43.2 Å². The largest absolute Gasteiger partial charge is 0.306 e. The molecular formula is C14H15Br2NS. The van der Waals surface area contributed by atoms with Crippen LogP contribution in [0.3, 0.4) is 0 Å². The first-order valence-electron chi connectivity index (χ1n) is 5.84. The molecule has 4 heteroatoms. The third-order valence-corrected chi connectivity index (χ3v) is 5.27. The highest BCUT2D eigenvalue weighted by atomic mass is 79.9. The summed E-state index contributed by atoms with van der Waals surface area (Å²) >= 11 is 9.03. The van der Waals surface area contributed by atoms with Crippen molar-refractivity contribution in [1.82, 2.24) is 5.32 Å². The van der Waals surface area contributed by atoms with Crippen LogP contribution in [0, 0.1) is 6.92 Å². The number of hydrogen-bond acceptors (Lipinski definition) is 2. The zero-order chi connectivity index (χ0) is 13.1. The first-order chi connectivity index (χ1) is 8.63. The molecule has 0 amide bonds. The summed E-state index contributed by atoms with van der Waals surface area (Å²) in [5.41, 5.74) is 3.85. The Bertz CT molecular complexity index is 536. The molecule has 1 aromatic heterocycles. The smallest absolute Gasteiger partial charge is 0.0607 e. The molecular weight excluding hydrogens is 374 g/mol. The summed E-state index contributed by atoms with van der Waals surface area (Å²) in [7, 11) is 0. The molecule has 96 valence electrons. The van der Waals surface area contributed by atoms with Crippen LogP contribution in [-0.2, 0) is 0 Å². The Morgan fingerprint density at radius 3 is 2.50 bits per heavy atom. The van der Waals surface area contributed by atoms with Gasteiger partial charge in [-0.2, -0.15) is 11.3 Å². The van der Waals surface area contributed by atoms with Crippen molar-refractivity contribution < 1.29 is 0 Å². The molecule has 2 rings (SSSR count). The molecule has 1 unspecified atom stereocenters. The molecule has 1 aromatic carbocycles. The van der Waals surface area contributed by atoms with Crippen molar-refractivity contribution >= 4 is 43.2 Å². The number of benzene rings is 1. The van der Waals surface area contributed by atoms with Crippen molar-refractivity contribution in [3.63, 3.8) is 0 Å². The Balaban J connectivity index is 2.45. The summed E-state index contributed by atoms with van der Waals surface area (Å²) in [6.45, 7) is 5.18. The van der Waals surface area contributed by atoms with Crippen molar-refractivity contribution in [2.24, 2.45) is 0 Å². The van der Waals surface area contributed by atoms with Gasteiger partial charge in [0.25, 0.3) is 0 Å². The summed E-state index contributed by atoms with van der Waals surface area (Å²) < 4.78 is 2.33. The van der Waals surface area contributed by atoms with Gasteiger partial charge in [-0.25, -0.2) is 0 Å². The lowest BCUT2D eigenvalue weighted by molar-refractivity contribution is 0.628. The van der Waals surface area contributed by atoms with E-state index in [4.69, 9.17) is 0 Å². The fraction of sp³-hybridized carbons (Fsp3) is 0.286. The Hall–Kier alpha value is -0.160. The highest BCUT2D eigenvalue weighted by Crippen LogP contribution is 2.35. The van der Waals surface area contributed by atoms with Crippen LogP contribution in [0.15, 0.2) is 37.9 Å². The first kappa shape index (κ1) is 14.3. The fourth-order valence-electron chi connectivity index (χ4n) is 1.96. The number of thiophene rings is 1. The lowest BCUT2D eigenvalue weighted by atomic mass is 10.00. The Morgan fingerprint density at radius 1 is 1.17 bits per heavy atom. The van der Waals surface area contributed by atoms with Gasteiger partial charge in [0, 0.05) is 14.3 Å². The monoisotopic (exact) mass is 387 g/mol. The second-order valence-corrected chi connectivity index (χ2v) is 6.64. The van der Waals surface area contributed by atoms with Gasteiger partial charge < -0.3 is 5.32 Å². The lowest BCUT2D eigenvalue weighted by Crippen LogP contribution is -2.22. The molecule has 0 radical (unpaired) electrons. The molecule has 1 N–H and O–H groups in total. The second kappa shape index (κ2) is 6.33. The van der Waals surface area contributed by atoms with E-state index in [0.29, 0.717) is 0 Å². The van der Waals surface area contributed by atoms with Gasteiger partial charge in [0.15, 0.2) is 0 Å². The highest BCUT2D eigenvalue weighted by Gasteiger charge is 2.18. The molecule has 0 bridgehead atoms. The van der Waals surface area contributed by atoms with Crippen molar-refractivity contribution in [1.29, 1.82) is 0 Å². The average molecular weight is 389 g/mol. The maximum absolute atomic E-state index is 3.68. The molecule has 0 aliphatic carbocycles. The van der Waals surface area contributed by atoms with E-state index in [1.54, 1.807) is 11.3 Å². The second-order valence-electron chi connectivity index (χ2n) is 4.19. The third-order valence-electron chi connectivity index (χ3n) is 2.83. The quantitative estimate of drug-likeness (QED) is 0.751. The summed E-state index contributed by atoms with van der Waals surface area (Å²) in [5, 5.41) is 7.87. The van der Waals surface area contributed by atoms with Gasteiger partial charge in [0.2, 0.25) is 0 Å². The molecule has 0 saturated carbocycles. The summed E-state index contributed by atoms with van der Waals surface area (Å²) in [5.74, 6) is 0. The number of hydrogen-bond donors (Lipinski definition) is 1. The van der Waals surface area contributed by atoms with E-state index >= 15 is 0 Å². The van der Waals surface area contributed by atoms with E-state index in [1.165, 1.54) is 21.2 Å². The van der Waals surface area contributed by atoms with E-state index in [0.717, 1.165) is 11.0 Å². The van der Waals surface area contributed by atoms with Gasteiger partial charge in [-0.15, -0.1) is 0 Å². The van der Waals surface area contributed by atoms with Crippen LogP contribution in [0.1, 0.15) is 29.7 Å². The van der Waals surface area contributed by atoms with E-state index in [-0.39, 0.29) is 6.04 Å². The number of aryl methyl sites for hydroxylation is 1. The van der Waals surface area contributed by atoms with E-state index in [1.807, 2.05) is 0 Å². The zero-order valence-electron chi connectivity index (χ0n) is 10.3. The molecule has 1 atom stereocenters. The predicted molar refractivity (Wildman–Crippen MR) is 86.4 cm³/mol. The maximum Gasteiger partial charge on any atom is 0.0607 e. The van der Waals surface area contributed by atoms with Crippen LogP contribution in [0.25, 0.3) is 0 Å². The molecule has 0 spiro atoms. The minimum atomic E-state index is 0.227. The predicted octanol–water partition coefficient (Wildman–Crippen LogP) is 5.28. The van der Waals surface area contributed by atoms with Gasteiger partial charge in [-0.1, -0.05) is 35.0 Å². The summed E-state index contributed by atoms with van der Waals surface area (Å²) in [6, 6.07) is 6.74. The minimum Gasteiger partial charge on any atom is -0.306 e. The van der Waals surface area contributed by atoms with E-state index in [2.05, 4.69) is 80.0 Å². The van der Waals surface area contributed by atoms with Crippen LogP contribution in [-0.4, -0.2) is 6.54 Å². The van der Waals surface area contributed by atoms with Gasteiger partial charge >= 0.3 is 0 Å². The fourth-order valence-corrected chi connectivity index (χ4v) is 4.23. The molecule has 18 heavy (non-hydrogen) atoms. The first-order valence-corrected chi connectivity index (χ1v) is 8.37. The Morgan fingerprint density at radius 2 is 1.94 bits per heavy atom. The maximum atomic E-state index is 3.68. The standard InChI is InChI=1S/C14H15Br2NS/c1-3-17-14(11-7-18-8-13(11)16)10-5-4-9(2)6-12(10)15/h4-8,14,17H,3H2,1-2H3. The molecule has 1 nitrogen and oxygen atoms in total. The Kier molecular flexibility index (Phi) is 5.01. The summed E-state index contributed by atoms with van der Waals surface area (Å²) in [4.78, 5) is 0. The number of rotatable bonds is 4. The van der Waals surface area contributed by atoms with Crippen molar-refractivity contribution in [2.75, 3.05) is 6.54 Å². The van der Waals surface area contributed by atoms with Crippen LogP contribution in [0.5, 0.6) is 0 Å². The lowest BCUT2D eigenvalue weighted by Gasteiger charge is -2.20. The van der Waals surface area contributed by atoms with Crippen LogP contribution in [0.2, 0.25) is 0 Å². The molecule has 0 saturated heterocycles. The summed E-state index contributed by atoms with van der Waals surface area (Å²) in [6.07, 6.45) is 0. The molecule has 0 aliphatic heterocycles. The molecule has 0 aliphatic rings. The van der Waals surface area contributed by atoms with Crippen LogP contribution < -0.4 is 5.32 Å². The van der Waals surface area contributed by atoms with Gasteiger partial charge in [0.05, 0.1) is 6.04 Å². The number of nitrogens with one attached hydrogen (secondary N) is 1. The third kappa shape index (κ3) is 3.05. The van der Waals surface area contributed by atoms with Crippen molar-refractivity contribution in [3.05, 3.63) is 54.6 Å². The van der Waals surface area contributed by atoms with Crippen molar-refractivity contribution in [2.45, 2.75) is 19.9 Å².